The minimum Gasteiger partial charge on any atom is -0.409 e. The summed E-state index contributed by atoms with van der Waals surface area (Å²) in [5.41, 5.74) is 4.66. The molecule has 0 aromatic heterocycles. The van der Waals surface area contributed by atoms with Crippen LogP contribution in [-0.2, 0) is 9.53 Å². The number of nitrogens with two attached hydrogens (primary N) is 1. The molecule has 1 aliphatic heterocycles. The van der Waals surface area contributed by atoms with Crippen molar-refractivity contribution < 1.29 is 14.7 Å². The fourth-order valence-electron chi connectivity index (χ4n) is 3.08. The van der Waals surface area contributed by atoms with Crippen LogP contribution in [0.15, 0.2) is 5.16 Å². The fraction of sp³-hybridized carbons (Fsp3) is 0.846. The van der Waals surface area contributed by atoms with Crippen molar-refractivity contribution in [3.63, 3.8) is 0 Å². The van der Waals surface area contributed by atoms with Gasteiger partial charge in [-0.05, 0) is 38.5 Å². The van der Waals surface area contributed by atoms with Gasteiger partial charge in [-0.2, -0.15) is 0 Å². The van der Waals surface area contributed by atoms with E-state index in [4.69, 9.17) is 15.7 Å². The first-order valence-corrected chi connectivity index (χ1v) is 6.80. The number of ether oxygens (including phenoxy) is 1. The van der Waals surface area contributed by atoms with Crippen molar-refractivity contribution in [3.8, 4) is 0 Å². The largest absolute Gasteiger partial charge is 0.409 e. The quantitative estimate of drug-likeness (QED) is 0.306. The molecule has 0 unspecified atom stereocenters. The number of rotatable bonds is 3. The van der Waals surface area contributed by atoms with Crippen molar-refractivity contribution in [2.45, 2.75) is 45.1 Å². The van der Waals surface area contributed by atoms with E-state index in [1.807, 2.05) is 6.92 Å². The summed E-state index contributed by atoms with van der Waals surface area (Å²) >= 11 is 0. The highest BCUT2D eigenvalue weighted by atomic mass is 16.5. The van der Waals surface area contributed by atoms with Crippen LogP contribution in [0.2, 0.25) is 0 Å². The summed E-state index contributed by atoms with van der Waals surface area (Å²) in [7, 11) is 0. The molecule has 1 saturated carbocycles. The molecule has 0 bridgehead atoms. The number of carbonyl (C=O) groups is 1. The third-order valence-corrected chi connectivity index (χ3v) is 4.44. The lowest BCUT2D eigenvalue weighted by Crippen LogP contribution is -2.61. The van der Waals surface area contributed by atoms with Gasteiger partial charge >= 0.3 is 0 Å². The highest BCUT2D eigenvalue weighted by Gasteiger charge is 2.53. The van der Waals surface area contributed by atoms with Gasteiger partial charge in [0, 0.05) is 18.8 Å². The molecule has 4 N–H and O–H groups in total. The molecule has 2 aliphatic rings. The van der Waals surface area contributed by atoms with Crippen LogP contribution < -0.4 is 11.1 Å². The van der Waals surface area contributed by atoms with Crippen molar-refractivity contribution in [1.82, 2.24) is 5.32 Å². The summed E-state index contributed by atoms with van der Waals surface area (Å²) in [4.78, 5) is 12.5. The lowest BCUT2D eigenvalue weighted by atomic mass is 9.61. The zero-order valence-electron chi connectivity index (χ0n) is 11.6. The van der Waals surface area contributed by atoms with Gasteiger partial charge in [0.05, 0.1) is 0 Å². The second-order valence-corrected chi connectivity index (χ2v) is 6.21. The summed E-state index contributed by atoms with van der Waals surface area (Å²) in [6.07, 6.45) is 2.86. The van der Waals surface area contributed by atoms with Crippen molar-refractivity contribution in [2.24, 2.45) is 22.2 Å². The third-order valence-electron chi connectivity index (χ3n) is 4.44. The van der Waals surface area contributed by atoms with E-state index in [-0.39, 0.29) is 17.3 Å². The zero-order chi connectivity index (χ0) is 14.1. The number of amides is 1. The molecule has 19 heavy (non-hydrogen) atoms. The van der Waals surface area contributed by atoms with Gasteiger partial charge in [-0.25, -0.2) is 0 Å². The Bertz CT molecular complexity index is 383. The van der Waals surface area contributed by atoms with E-state index in [0.717, 1.165) is 12.8 Å². The van der Waals surface area contributed by atoms with Gasteiger partial charge in [0.2, 0.25) is 5.91 Å². The number of nitrogens with zero attached hydrogens (tertiary/aromatic N) is 1. The van der Waals surface area contributed by atoms with Gasteiger partial charge in [-0.3, -0.25) is 4.79 Å². The van der Waals surface area contributed by atoms with Gasteiger partial charge in [0.15, 0.2) is 5.84 Å². The van der Waals surface area contributed by atoms with E-state index in [9.17, 15) is 4.79 Å². The first kappa shape index (κ1) is 14.1. The maximum absolute atomic E-state index is 12.5. The molecule has 0 spiro atoms. The van der Waals surface area contributed by atoms with Crippen LogP contribution >= 0.6 is 0 Å². The van der Waals surface area contributed by atoms with Gasteiger partial charge < -0.3 is 21.0 Å². The summed E-state index contributed by atoms with van der Waals surface area (Å²) in [5, 5.41) is 15.0. The second-order valence-electron chi connectivity index (χ2n) is 6.21. The number of oxime groups is 1. The molecule has 0 aromatic carbocycles. The standard InChI is InChI=1S/C13H23N3O3/c1-9-7-13(8-9,10(14)16-18)11(17)15-12(2)3-5-19-6-4-12/h9,18H,3-8H2,1-2H3,(H2,14,16)(H,15,17). The Kier molecular flexibility index (Phi) is 3.71. The Morgan fingerprint density at radius 3 is 2.47 bits per heavy atom. The minimum atomic E-state index is -0.824. The molecule has 0 radical (unpaired) electrons. The SMILES string of the molecule is CC1CC(C(=O)NC2(C)CCOCC2)(C(N)=NO)C1. The van der Waals surface area contributed by atoms with Crippen LogP contribution in [0.3, 0.4) is 0 Å². The number of carbonyl (C=O) groups excluding carboxylic acids is 1. The average molecular weight is 269 g/mol. The summed E-state index contributed by atoms with van der Waals surface area (Å²) in [5.74, 6) is 0.331. The van der Waals surface area contributed by atoms with Crippen LogP contribution in [0.25, 0.3) is 0 Å². The van der Waals surface area contributed by atoms with Gasteiger partial charge in [-0.15, -0.1) is 0 Å². The lowest BCUT2D eigenvalue weighted by Gasteiger charge is -2.46. The molecule has 2 rings (SSSR count). The fourth-order valence-corrected chi connectivity index (χ4v) is 3.08. The molecule has 1 amide bonds. The Morgan fingerprint density at radius 1 is 1.42 bits per heavy atom. The molecule has 1 aliphatic carbocycles. The van der Waals surface area contributed by atoms with Crippen molar-refractivity contribution in [1.29, 1.82) is 0 Å². The Balaban J connectivity index is 2.09. The van der Waals surface area contributed by atoms with Crippen LogP contribution in [0.1, 0.15) is 39.5 Å². The topological polar surface area (TPSA) is 96.9 Å². The first-order chi connectivity index (χ1) is 8.92. The molecule has 6 heteroatoms. The predicted molar refractivity (Wildman–Crippen MR) is 70.8 cm³/mol. The smallest absolute Gasteiger partial charge is 0.234 e. The first-order valence-electron chi connectivity index (χ1n) is 6.80. The lowest BCUT2D eigenvalue weighted by molar-refractivity contribution is -0.136. The molecular weight excluding hydrogens is 246 g/mol. The van der Waals surface area contributed by atoms with Crippen LogP contribution in [0, 0.1) is 11.3 Å². The Labute approximate surface area is 113 Å². The van der Waals surface area contributed by atoms with Crippen molar-refractivity contribution >= 4 is 11.7 Å². The molecule has 6 nitrogen and oxygen atoms in total. The molecule has 0 aromatic rings. The normalized spacial score (nSPS) is 34.4. The van der Waals surface area contributed by atoms with Gasteiger partial charge in [-0.1, -0.05) is 12.1 Å². The predicted octanol–water partition coefficient (Wildman–Crippen LogP) is 0.834. The molecule has 108 valence electrons. The average Bonchev–Trinajstić information content (AvgIpc) is 2.34. The number of amidine groups is 1. The Hall–Kier alpha value is -1.30. The third kappa shape index (κ3) is 2.54. The zero-order valence-corrected chi connectivity index (χ0v) is 11.6. The number of hydrogen-bond donors (Lipinski definition) is 3. The van der Waals surface area contributed by atoms with E-state index in [0.29, 0.717) is 32.0 Å². The molecule has 1 saturated heterocycles. The molecule has 0 atom stereocenters. The summed E-state index contributed by atoms with van der Waals surface area (Å²) in [6, 6.07) is 0. The summed E-state index contributed by atoms with van der Waals surface area (Å²) in [6.45, 7) is 5.40. The second kappa shape index (κ2) is 5.00. The maximum Gasteiger partial charge on any atom is 0.234 e. The van der Waals surface area contributed by atoms with Crippen molar-refractivity contribution in [3.05, 3.63) is 0 Å². The van der Waals surface area contributed by atoms with E-state index in [2.05, 4.69) is 17.4 Å². The number of hydrogen-bond acceptors (Lipinski definition) is 4. The molecular formula is C13H23N3O3. The van der Waals surface area contributed by atoms with Crippen LogP contribution in [0.5, 0.6) is 0 Å². The monoisotopic (exact) mass is 269 g/mol. The molecule has 2 fully saturated rings. The van der Waals surface area contributed by atoms with E-state index < -0.39 is 5.41 Å². The summed E-state index contributed by atoms with van der Waals surface area (Å²) < 4.78 is 5.32. The number of nitrogens with one attached hydrogen (secondary N) is 1. The van der Waals surface area contributed by atoms with Crippen molar-refractivity contribution in [2.75, 3.05) is 13.2 Å². The van der Waals surface area contributed by atoms with E-state index >= 15 is 0 Å². The van der Waals surface area contributed by atoms with Gasteiger partial charge in [0.25, 0.3) is 0 Å². The highest BCUT2D eigenvalue weighted by Crippen LogP contribution is 2.46. The Morgan fingerprint density at radius 2 is 2.00 bits per heavy atom. The molecule has 1 heterocycles. The van der Waals surface area contributed by atoms with Gasteiger partial charge in [0.1, 0.15) is 5.41 Å². The van der Waals surface area contributed by atoms with Crippen LogP contribution in [-0.4, -0.2) is 35.7 Å². The van der Waals surface area contributed by atoms with E-state index in [1.54, 1.807) is 0 Å². The minimum absolute atomic E-state index is 0.0266. The maximum atomic E-state index is 12.5. The highest BCUT2D eigenvalue weighted by molar-refractivity contribution is 6.07. The van der Waals surface area contributed by atoms with E-state index in [1.165, 1.54) is 0 Å². The van der Waals surface area contributed by atoms with Crippen LogP contribution in [0.4, 0.5) is 0 Å².